The van der Waals surface area contributed by atoms with Crippen LogP contribution in [0.15, 0.2) is 209 Å². The third kappa shape index (κ3) is 4.92. The molecule has 0 aliphatic carbocycles. The lowest BCUT2D eigenvalue weighted by atomic mass is 9.93. The van der Waals surface area contributed by atoms with Crippen LogP contribution in [0.3, 0.4) is 0 Å². The fourth-order valence-corrected chi connectivity index (χ4v) is 8.97. The zero-order chi connectivity index (χ0) is 37.5. The van der Waals surface area contributed by atoms with Gasteiger partial charge in [0.25, 0.3) is 0 Å². The van der Waals surface area contributed by atoms with Crippen LogP contribution < -0.4 is 4.90 Å². The number of furan rings is 2. The lowest BCUT2D eigenvalue weighted by Gasteiger charge is -2.27. The van der Waals surface area contributed by atoms with Gasteiger partial charge in [-0.3, -0.25) is 0 Å². The van der Waals surface area contributed by atoms with Crippen molar-refractivity contribution < 1.29 is 8.83 Å². The maximum absolute atomic E-state index is 6.97. The molecule has 2 aromatic heterocycles. The van der Waals surface area contributed by atoms with E-state index in [1.165, 1.54) is 21.5 Å². The van der Waals surface area contributed by atoms with Crippen molar-refractivity contribution >= 4 is 93.3 Å². The second-order valence-electron chi connectivity index (χ2n) is 14.8. The molecule has 0 N–H and O–H groups in total. The summed E-state index contributed by atoms with van der Waals surface area (Å²) in [6, 6.07) is 71.4. The molecule has 0 spiro atoms. The van der Waals surface area contributed by atoms with E-state index in [2.05, 4.69) is 205 Å². The number of rotatable bonds is 5. The molecule has 12 aromatic rings. The average Bonchev–Trinajstić information content (AvgIpc) is 3.86. The molecule has 266 valence electrons. The van der Waals surface area contributed by atoms with Crippen LogP contribution in [0.25, 0.3) is 98.4 Å². The van der Waals surface area contributed by atoms with E-state index in [0.29, 0.717) is 0 Å². The van der Waals surface area contributed by atoms with Gasteiger partial charge in [-0.15, -0.1) is 0 Å². The van der Waals surface area contributed by atoms with E-state index >= 15 is 0 Å². The Hall–Kier alpha value is -7.62. The first-order valence-corrected chi connectivity index (χ1v) is 19.4. The number of hydrogen-bond acceptors (Lipinski definition) is 3. The summed E-state index contributed by atoms with van der Waals surface area (Å²) in [4.78, 5) is 2.39. The quantitative estimate of drug-likeness (QED) is 0.177. The second kappa shape index (κ2) is 12.5. The Kier molecular flexibility index (Phi) is 6.93. The molecule has 0 atom stereocenters. The van der Waals surface area contributed by atoms with Crippen LogP contribution in [0.4, 0.5) is 17.1 Å². The van der Waals surface area contributed by atoms with Gasteiger partial charge in [0.15, 0.2) is 0 Å². The van der Waals surface area contributed by atoms with Gasteiger partial charge in [0.2, 0.25) is 0 Å². The molecule has 0 bridgehead atoms. The smallest absolute Gasteiger partial charge is 0.143 e. The minimum atomic E-state index is 0.839. The predicted molar refractivity (Wildman–Crippen MR) is 239 cm³/mol. The van der Waals surface area contributed by atoms with Gasteiger partial charge in [-0.05, 0) is 80.5 Å². The highest BCUT2D eigenvalue weighted by atomic mass is 16.3. The highest BCUT2D eigenvalue weighted by molar-refractivity contribution is 6.24. The first kappa shape index (κ1) is 31.7. The summed E-state index contributed by atoms with van der Waals surface area (Å²) in [5.41, 5.74) is 11.1. The summed E-state index contributed by atoms with van der Waals surface area (Å²) in [6.45, 7) is 0. The number of hydrogen-bond donors (Lipinski definition) is 0. The number of para-hydroxylation sites is 2. The molecule has 0 amide bonds. The number of anilines is 3. The summed E-state index contributed by atoms with van der Waals surface area (Å²) in [5, 5.41) is 11.3. The van der Waals surface area contributed by atoms with E-state index in [-0.39, 0.29) is 0 Å². The number of fused-ring (bicyclic) bond motifs is 10. The van der Waals surface area contributed by atoms with Gasteiger partial charge in [-0.25, -0.2) is 0 Å². The molecule has 3 nitrogen and oxygen atoms in total. The molecule has 0 aliphatic heterocycles. The van der Waals surface area contributed by atoms with Crippen molar-refractivity contribution in [2.45, 2.75) is 0 Å². The Morgan fingerprint density at radius 1 is 0.316 bits per heavy atom. The third-order valence-electron chi connectivity index (χ3n) is 11.6. The van der Waals surface area contributed by atoms with Gasteiger partial charge in [-0.2, -0.15) is 0 Å². The van der Waals surface area contributed by atoms with Crippen molar-refractivity contribution in [2.24, 2.45) is 0 Å². The Morgan fingerprint density at radius 2 is 0.860 bits per heavy atom. The van der Waals surface area contributed by atoms with E-state index in [4.69, 9.17) is 8.83 Å². The molecule has 3 heteroatoms. The molecular weight excluding hydrogens is 695 g/mol. The van der Waals surface area contributed by atoms with Crippen molar-refractivity contribution in [3.05, 3.63) is 200 Å². The highest BCUT2D eigenvalue weighted by Gasteiger charge is 2.24. The van der Waals surface area contributed by atoms with E-state index in [9.17, 15) is 0 Å². The molecule has 2 heterocycles. The van der Waals surface area contributed by atoms with Crippen LogP contribution in [0, 0.1) is 0 Å². The number of benzene rings is 10. The van der Waals surface area contributed by atoms with Crippen LogP contribution in [-0.4, -0.2) is 0 Å². The van der Waals surface area contributed by atoms with Crippen LogP contribution in [-0.2, 0) is 0 Å². The molecule has 0 saturated carbocycles. The normalized spacial score (nSPS) is 11.9. The van der Waals surface area contributed by atoms with Gasteiger partial charge in [-0.1, -0.05) is 158 Å². The van der Waals surface area contributed by atoms with Gasteiger partial charge >= 0.3 is 0 Å². The van der Waals surface area contributed by atoms with Crippen molar-refractivity contribution in [1.29, 1.82) is 0 Å². The van der Waals surface area contributed by atoms with Crippen LogP contribution in [0.1, 0.15) is 0 Å². The van der Waals surface area contributed by atoms with E-state index in [0.717, 1.165) is 94.0 Å². The summed E-state index contributed by atoms with van der Waals surface area (Å²) in [5.74, 6) is 0. The predicted octanol–water partition coefficient (Wildman–Crippen LogP) is 15.7. The van der Waals surface area contributed by atoms with Crippen molar-refractivity contribution in [3.8, 4) is 22.3 Å². The molecule has 0 radical (unpaired) electrons. The molecule has 0 unspecified atom stereocenters. The summed E-state index contributed by atoms with van der Waals surface area (Å²) in [6.07, 6.45) is 0. The standard InChI is InChI=1S/C54H33NO2/c1-2-15-36(16-3-1)41-21-10-22-44-45-23-11-24-46(53(45)57-52(41)44)47-33-48-51-49(25-12-26-50(51)56-54(48)43-20-9-8-19-42(43)47)55(39-29-27-34-13-4-6-17-37(34)31-39)40-30-28-35-14-5-7-18-38(35)32-40/h1-33H. The van der Waals surface area contributed by atoms with Crippen molar-refractivity contribution in [2.75, 3.05) is 4.90 Å². The van der Waals surface area contributed by atoms with Gasteiger partial charge in [0.05, 0.1) is 11.1 Å². The SMILES string of the molecule is c1ccc(-c2cccc3c2oc2c(-c4cc5c(oc6cccc(N(c7ccc8ccccc8c7)c7ccc8ccccc8c7)c65)c5ccccc45)cccc23)cc1. The van der Waals surface area contributed by atoms with Crippen LogP contribution in [0.5, 0.6) is 0 Å². The Labute approximate surface area is 328 Å². The van der Waals surface area contributed by atoms with Gasteiger partial charge in [0.1, 0.15) is 22.3 Å². The first-order chi connectivity index (χ1) is 28.3. The highest BCUT2D eigenvalue weighted by Crippen LogP contribution is 2.48. The monoisotopic (exact) mass is 727 g/mol. The topological polar surface area (TPSA) is 29.5 Å². The van der Waals surface area contributed by atoms with Crippen LogP contribution >= 0.6 is 0 Å². The molecule has 12 rings (SSSR count). The zero-order valence-electron chi connectivity index (χ0n) is 30.8. The summed E-state index contributed by atoms with van der Waals surface area (Å²) >= 11 is 0. The van der Waals surface area contributed by atoms with Gasteiger partial charge in [0, 0.05) is 44.0 Å². The second-order valence-corrected chi connectivity index (χ2v) is 14.8. The van der Waals surface area contributed by atoms with Gasteiger partial charge < -0.3 is 13.7 Å². The molecule has 10 aromatic carbocycles. The minimum absolute atomic E-state index is 0.839. The Bertz CT molecular complexity index is 3460. The Balaban J connectivity index is 1.15. The van der Waals surface area contributed by atoms with Crippen molar-refractivity contribution in [1.82, 2.24) is 0 Å². The van der Waals surface area contributed by atoms with E-state index in [1.807, 2.05) is 0 Å². The first-order valence-electron chi connectivity index (χ1n) is 19.4. The molecule has 0 fully saturated rings. The molecule has 57 heavy (non-hydrogen) atoms. The zero-order valence-corrected chi connectivity index (χ0v) is 30.8. The minimum Gasteiger partial charge on any atom is -0.455 e. The summed E-state index contributed by atoms with van der Waals surface area (Å²) < 4.78 is 13.9. The fraction of sp³-hybridized carbons (Fsp3) is 0. The average molecular weight is 728 g/mol. The number of nitrogens with zero attached hydrogens (tertiary/aromatic N) is 1. The molecular formula is C54H33NO2. The van der Waals surface area contributed by atoms with E-state index < -0.39 is 0 Å². The van der Waals surface area contributed by atoms with Crippen LogP contribution in [0.2, 0.25) is 0 Å². The fourth-order valence-electron chi connectivity index (χ4n) is 8.97. The lowest BCUT2D eigenvalue weighted by molar-refractivity contribution is 0.670. The third-order valence-corrected chi connectivity index (χ3v) is 11.6. The maximum Gasteiger partial charge on any atom is 0.143 e. The Morgan fingerprint density at radius 3 is 1.56 bits per heavy atom. The molecule has 0 saturated heterocycles. The largest absolute Gasteiger partial charge is 0.455 e. The molecule has 0 aliphatic rings. The maximum atomic E-state index is 6.97. The van der Waals surface area contributed by atoms with Crippen molar-refractivity contribution in [3.63, 3.8) is 0 Å². The summed E-state index contributed by atoms with van der Waals surface area (Å²) in [7, 11) is 0. The lowest BCUT2D eigenvalue weighted by Crippen LogP contribution is -2.10. The van der Waals surface area contributed by atoms with E-state index in [1.54, 1.807) is 0 Å².